The zero-order valence-electron chi connectivity index (χ0n) is 11.0. The van der Waals surface area contributed by atoms with E-state index in [9.17, 15) is 0 Å². The Labute approximate surface area is 114 Å². The van der Waals surface area contributed by atoms with Gasteiger partial charge in [0.25, 0.3) is 17.1 Å². The van der Waals surface area contributed by atoms with Crippen LogP contribution in [0, 0.1) is 0 Å². The van der Waals surface area contributed by atoms with E-state index in [1.54, 1.807) is 6.20 Å². The van der Waals surface area contributed by atoms with Gasteiger partial charge in [0.15, 0.2) is 0 Å². The Bertz CT molecular complexity index is 992. The van der Waals surface area contributed by atoms with Gasteiger partial charge in [0.2, 0.25) is 5.82 Å². The maximum Gasteiger partial charge on any atom is 0.299 e. The number of hydrogen-bond acceptors (Lipinski definition) is 2. The lowest BCUT2D eigenvalue weighted by atomic mass is 10.1. The van der Waals surface area contributed by atoms with E-state index in [4.69, 9.17) is 0 Å². The average molecular weight is 262 g/mol. The second kappa shape index (κ2) is 3.25. The monoisotopic (exact) mass is 262 g/mol. The maximum atomic E-state index is 4.64. The summed E-state index contributed by atoms with van der Waals surface area (Å²) >= 11 is 0. The number of nitrogens with zero attached hydrogens (tertiary/aromatic N) is 5. The minimum absolute atomic E-state index is 0.749. The molecule has 96 valence electrons. The van der Waals surface area contributed by atoms with Crippen LogP contribution in [-0.2, 0) is 13.6 Å². The van der Waals surface area contributed by atoms with Crippen LogP contribution in [0.1, 0.15) is 5.56 Å². The Morgan fingerprint density at radius 3 is 3.05 bits per heavy atom. The van der Waals surface area contributed by atoms with Crippen molar-refractivity contribution in [2.45, 2.75) is 6.54 Å². The van der Waals surface area contributed by atoms with E-state index in [2.05, 4.69) is 54.8 Å². The minimum atomic E-state index is 0.749. The van der Waals surface area contributed by atoms with Gasteiger partial charge in [-0.1, -0.05) is 18.2 Å². The van der Waals surface area contributed by atoms with E-state index < -0.39 is 0 Å². The van der Waals surface area contributed by atoms with Crippen molar-refractivity contribution in [3.63, 3.8) is 0 Å². The molecule has 0 atom stereocenters. The summed E-state index contributed by atoms with van der Waals surface area (Å²) in [4.78, 5) is 8.98. The Kier molecular flexibility index (Phi) is 1.65. The summed E-state index contributed by atoms with van der Waals surface area (Å²) in [6.07, 6.45) is 3.80. The molecule has 0 radical (unpaired) electrons. The zero-order valence-corrected chi connectivity index (χ0v) is 11.0. The Balaban J connectivity index is 1.99. The number of hydrogen-bond donors (Lipinski definition) is 0. The first kappa shape index (κ1) is 10.1. The topological polar surface area (TPSA) is 39.0 Å². The molecule has 0 unspecified atom stereocenters. The third-order valence-corrected chi connectivity index (χ3v) is 4.09. The smallest absolute Gasteiger partial charge is 0.240 e. The first-order valence-corrected chi connectivity index (χ1v) is 6.64. The van der Waals surface area contributed by atoms with Crippen LogP contribution >= 0.6 is 0 Å². The molecule has 0 aliphatic carbocycles. The fourth-order valence-corrected chi connectivity index (χ4v) is 3.24. The van der Waals surface area contributed by atoms with Gasteiger partial charge in [0.05, 0.1) is 25.4 Å². The molecule has 5 nitrogen and oxygen atoms in total. The standard InChI is InChI=1S/C15H12N5/c1-18-12-14(19-8-4-7-16-15(19)17-12)20-9-10-5-2-3-6-11(10)13(18)20/h2-8H,9H2,1H3/q+1. The molecule has 1 aromatic carbocycles. The number of imidazole rings is 2. The Morgan fingerprint density at radius 1 is 1.20 bits per heavy atom. The van der Waals surface area contributed by atoms with Crippen LogP contribution in [0.5, 0.6) is 0 Å². The Hall–Kier alpha value is -2.69. The molecule has 0 spiro atoms. The summed E-state index contributed by atoms with van der Waals surface area (Å²) in [5.74, 6) is 1.97. The molecule has 0 fully saturated rings. The molecular formula is C15H12N5+. The van der Waals surface area contributed by atoms with Crippen molar-refractivity contribution in [2.24, 2.45) is 7.05 Å². The molecule has 5 heteroatoms. The molecule has 4 heterocycles. The second-order valence-corrected chi connectivity index (χ2v) is 5.17. The molecule has 1 aliphatic heterocycles. The zero-order chi connectivity index (χ0) is 13.3. The van der Waals surface area contributed by atoms with Crippen molar-refractivity contribution in [3.05, 3.63) is 48.3 Å². The van der Waals surface area contributed by atoms with Gasteiger partial charge in [-0.2, -0.15) is 9.38 Å². The number of rotatable bonds is 0. The van der Waals surface area contributed by atoms with Gasteiger partial charge in [-0.25, -0.2) is 14.1 Å². The highest BCUT2D eigenvalue weighted by Gasteiger charge is 2.33. The second-order valence-electron chi connectivity index (χ2n) is 5.17. The van der Waals surface area contributed by atoms with E-state index in [1.165, 1.54) is 17.0 Å². The van der Waals surface area contributed by atoms with Gasteiger partial charge in [0.1, 0.15) is 0 Å². The number of benzene rings is 1. The van der Waals surface area contributed by atoms with E-state index in [0.29, 0.717) is 0 Å². The van der Waals surface area contributed by atoms with Gasteiger partial charge in [0, 0.05) is 11.8 Å². The molecule has 0 saturated heterocycles. The molecule has 0 bridgehead atoms. The predicted molar refractivity (Wildman–Crippen MR) is 74.2 cm³/mol. The first-order valence-electron chi connectivity index (χ1n) is 6.64. The third kappa shape index (κ3) is 1.02. The molecule has 1 aliphatic rings. The fraction of sp³-hybridized carbons (Fsp3) is 0.133. The van der Waals surface area contributed by atoms with Crippen LogP contribution in [0.25, 0.3) is 28.5 Å². The van der Waals surface area contributed by atoms with Gasteiger partial charge >= 0.3 is 0 Å². The summed E-state index contributed by atoms with van der Waals surface area (Å²) in [5.41, 5.74) is 4.75. The van der Waals surface area contributed by atoms with Gasteiger partial charge in [-0.3, -0.25) is 0 Å². The summed E-state index contributed by atoms with van der Waals surface area (Å²) < 4.78 is 6.54. The highest BCUT2D eigenvalue weighted by molar-refractivity contribution is 5.75. The lowest BCUT2D eigenvalue weighted by Gasteiger charge is -1.95. The van der Waals surface area contributed by atoms with Crippen LogP contribution < -0.4 is 4.57 Å². The highest BCUT2D eigenvalue weighted by Crippen LogP contribution is 2.30. The largest absolute Gasteiger partial charge is 0.299 e. The highest BCUT2D eigenvalue weighted by atomic mass is 15.3. The molecule has 4 aromatic rings. The molecule has 20 heavy (non-hydrogen) atoms. The molecule has 0 N–H and O–H groups in total. The van der Waals surface area contributed by atoms with Crippen molar-refractivity contribution in [2.75, 3.05) is 0 Å². The van der Waals surface area contributed by atoms with Gasteiger partial charge < -0.3 is 0 Å². The van der Waals surface area contributed by atoms with E-state index >= 15 is 0 Å². The van der Waals surface area contributed by atoms with Crippen molar-refractivity contribution in [3.8, 4) is 11.4 Å². The normalized spacial score (nSPS) is 13.1. The van der Waals surface area contributed by atoms with Crippen molar-refractivity contribution < 1.29 is 4.57 Å². The Morgan fingerprint density at radius 2 is 2.10 bits per heavy atom. The summed E-state index contributed by atoms with van der Waals surface area (Å²) in [7, 11) is 2.07. The van der Waals surface area contributed by atoms with Crippen LogP contribution in [0.3, 0.4) is 0 Å². The van der Waals surface area contributed by atoms with Crippen LogP contribution in [-0.4, -0.2) is 18.9 Å². The maximum absolute atomic E-state index is 4.64. The van der Waals surface area contributed by atoms with E-state index in [-0.39, 0.29) is 0 Å². The van der Waals surface area contributed by atoms with E-state index in [1.807, 2.05) is 12.3 Å². The quantitative estimate of drug-likeness (QED) is 0.397. The van der Waals surface area contributed by atoms with Crippen LogP contribution in [0.4, 0.5) is 0 Å². The SMILES string of the molecule is Cn1c2[n+](c3c1nc1ncccn13)Cc1ccccc1-2. The number of aromatic nitrogens is 5. The minimum Gasteiger partial charge on any atom is -0.240 e. The number of fused-ring (bicyclic) bond motifs is 7. The molecule has 5 rings (SSSR count). The third-order valence-electron chi connectivity index (χ3n) is 4.09. The van der Waals surface area contributed by atoms with E-state index in [0.717, 1.165) is 23.6 Å². The average Bonchev–Trinajstić information content (AvgIpc) is 3.10. The van der Waals surface area contributed by atoms with Crippen LogP contribution in [0.15, 0.2) is 42.7 Å². The van der Waals surface area contributed by atoms with Crippen molar-refractivity contribution in [1.82, 2.24) is 18.9 Å². The van der Waals surface area contributed by atoms with Crippen molar-refractivity contribution >= 4 is 17.1 Å². The number of aryl methyl sites for hydroxylation is 1. The summed E-state index contributed by atoms with van der Waals surface area (Å²) in [6, 6.07) is 10.5. The predicted octanol–water partition coefficient (Wildman–Crippen LogP) is 1.54. The molecule has 0 amide bonds. The lowest BCUT2D eigenvalue weighted by Crippen LogP contribution is -2.32. The molecular weight excluding hydrogens is 250 g/mol. The lowest BCUT2D eigenvalue weighted by molar-refractivity contribution is -0.648. The van der Waals surface area contributed by atoms with Crippen LogP contribution in [0.2, 0.25) is 0 Å². The first-order chi connectivity index (χ1) is 9.84. The van der Waals surface area contributed by atoms with Crippen molar-refractivity contribution in [1.29, 1.82) is 0 Å². The summed E-state index contributed by atoms with van der Waals surface area (Å²) in [6.45, 7) is 0.894. The van der Waals surface area contributed by atoms with Gasteiger partial charge in [-0.15, -0.1) is 0 Å². The summed E-state index contributed by atoms with van der Waals surface area (Å²) in [5, 5.41) is 0. The molecule has 0 saturated carbocycles. The molecule has 3 aromatic heterocycles. The fourth-order valence-electron chi connectivity index (χ4n) is 3.24. The van der Waals surface area contributed by atoms with Gasteiger partial charge in [-0.05, 0) is 12.1 Å².